The van der Waals surface area contributed by atoms with Crippen LogP contribution in [-0.4, -0.2) is 46.5 Å². The van der Waals surface area contributed by atoms with Crippen molar-refractivity contribution in [3.05, 3.63) is 0 Å². The number of carbonyl (C=O) groups excluding carboxylic acids is 2. The molecule has 0 aromatic heterocycles. The zero-order chi connectivity index (χ0) is 13.8. The molecular formula is C13H22N2O4. The summed E-state index contributed by atoms with van der Waals surface area (Å²) in [6.07, 6.45) is 4.60. The van der Waals surface area contributed by atoms with Crippen molar-refractivity contribution in [3.63, 3.8) is 0 Å². The van der Waals surface area contributed by atoms with Crippen molar-refractivity contribution in [2.45, 2.75) is 51.7 Å². The molecule has 19 heavy (non-hydrogen) atoms. The normalized spacial score (nSPS) is 25.6. The molecule has 1 N–H and O–H groups in total. The fraction of sp³-hybridized carbons (Fsp3) is 0.846. The quantitative estimate of drug-likeness (QED) is 0.629. The van der Waals surface area contributed by atoms with Crippen LogP contribution >= 0.6 is 0 Å². The number of hydroxylamine groups is 2. The Labute approximate surface area is 113 Å². The van der Waals surface area contributed by atoms with E-state index < -0.39 is 12.3 Å². The second kappa shape index (κ2) is 6.23. The van der Waals surface area contributed by atoms with Gasteiger partial charge < -0.3 is 9.64 Å². The number of hydrogen-bond acceptors (Lipinski definition) is 4. The van der Waals surface area contributed by atoms with Crippen LogP contribution in [0.5, 0.6) is 0 Å². The molecule has 1 aliphatic heterocycles. The molecule has 1 unspecified atom stereocenters. The molecular weight excluding hydrogens is 248 g/mol. The summed E-state index contributed by atoms with van der Waals surface area (Å²) >= 11 is 0. The van der Waals surface area contributed by atoms with Gasteiger partial charge in [0, 0.05) is 19.5 Å². The molecule has 0 aromatic rings. The molecule has 0 radical (unpaired) electrons. The molecule has 0 spiro atoms. The average molecular weight is 270 g/mol. The van der Waals surface area contributed by atoms with Gasteiger partial charge in [0.1, 0.15) is 0 Å². The minimum absolute atomic E-state index is 0.0681. The molecule has 2 amide bonds. The molecule has 1 aliphatic carbocycles. The first kappa shape index (κ1) is 14.1. The van der Waals surface area contributed by atoms with Crippen molar-refractivity contribution in [3.8, 4) is 0 Å². The van der Waals surface area contributed by atoms with E-state index >= 15 is 0 Å². The summed E-state index contributed by atoms with van der Waals surface area (Å²) < 4.78 is 5.30. The van der Waals surface area contributed by atoms with Gasteiger partial charge in [0.05, 0.1) is 5.92 Å². The second-order valence-electron chi connectivity index (χ2n) is 5.22. The molecule has 2 aliphatic rings. The van der Waals surface area contributed by atoms with Gasteiger partial charge in [0.25, 0.3) is 0 Å². The van der Waals surface area contributed by atoms with E-state index in [0.717, 1.165) is 25.7 Å². The predicted octanol–water partition coefficient (Wildman–Crippen LogP) is 1.97. The standard InChI is InChI=1S/C13H22N2O4/c1-2-14-9-8-11(15(18)13(14)17)19-12(16)10-6-4-3-5-7-10/h10-11,18H,2-9H2,1H3. The Morgan fingerprint density at radius 3 is 2.63 bits per heavy atom. The highest BCUT2D eigenvalue weighted by molar-refractivity contribution is 5.76. The summed E-state index contributed by atoms with van der Waals surface area (Å²) in [5, 5.41) is 10.3. The number of hydrogen-bond donors (Lipinski definition) is 1. The van der Waals surface area contributed by atoms with Gasteiger partial charge in [-0.15, -0.1) is 0 Å². The van der Waals surface area contributed by atoms with Crippen LogP contribution in [-0.2, 0) is 9.53 Å². The molecule has 0 aromatic carbocycles. The van der Waals surface area contributed by atoms with Gasteiger partial charge in [-0.25, -0.2) is 4.79 Å². The minimum atomic E-state index is -0.829. The fourth-order valence-corrected chi connectivity index (χ4v) is 2.72. The smallest absolute Gasteiger partial charge is 0.347 e. The monoisotopic (exact) mass is 270 g/mol. The van der Waals surface area contributed by atoms with E-state index in [4.69, 9.17) is 4.74 Å². The van der Waals surface area contributed by atoms with Gasteiger partial charge in [0.2, 0.25) is 6.23 Å². The number of esters is 1. The van der Waals surface area contributed by atoms with Crippen molar-refractivity contribution < 1.29 is 19.5 Å². The third-order valence-electron chi connectivity index (χ3n) is 3.96. The number of carbonyl (C=O) groups is 2. The Balaban J connectivity index is 1.88. The van der Waals surface area contributed by atoms with Crippen molar-refractivity contribution in [1.29, 1.82) is 0 Å². The van der Waals surface area contributed by atoms with E-state index in [2.05, 4.69) is 0 Å². The SMILES string of the molecule is CCN1CCC(OC(=O)C2CCCCC2)N(O)C1=O. The molecule has 6 nitrogen and oxygen atoms in total. The number of urea groups is 1. The molecule has 1 saturated heterocycles. The lowest BCUT2D eigenvalue weighted by Crippen LogP contribution is -2.54. The van der Waals surface area contributed by atoms with Crippen molar-refractivity contribution in [1.82, 2.24) is 9.96 Å². The van der Waals surface area contributed by atoms with E-state index in [9.17, 15) is 14.8 Å². The Morgan fingerprint density at radius 2 is 2.00 bits per heavy atom. The number of amides is 2. The van der Waals surface area contributed by atoms with Crippen LogP contribution in [0.15, 0.2) is 0 Å². The maximum atomic E-state index is 12.0. The highest BCUT2D eigenvalue weighted by Crippen LogP contribution is 2.26. The van der Waals surface area contributed by atoms with Crippen LogP contribution < -0.4 is 0 Å². The zero-order valence-electron chi connectivity index (χ0n) is 11.4. The maximum absolute atomic E-state index is 12.0. The molecule has 6 heteroatoms. The van der Waals surface area contributed by atoms with Crippen molar-refractivity contribution in [2.75, 3.05) is 13.1 Å². The predicted molar refractivity (Wildman–Crippen MR) is 67.3 cm³/mol. The third kappa shape index (κ3) is 3.18. The van der Waals surface area contributed by atoms with E-state index in [1.165, 1.54) is 11.3 Å². The lowest BCUT2D eigenvalue weighted by atomic mass is 9.89. The van der Waals surface area contributed by atoms with E-state index in [-0.39, 0.29) is 11.9 Å². The maximum Gasteiger partial charge on any atom is 0.347 e. The summed E-state index contributed by atoms with van der Waals surface area (Å²) in [6.45, 7) is 2.90. The molecule has 1 atom stereocenters. The number of rotatable bonds is 3. The van der Waals surface area contributed by atoms with Crippen LogP contribution in [0.1, 0.15) is 45.4 Å². The van der Waals surface area contributed by atoms with Gasteiger partial charge in [0.15, 0.2) is 0 Å². The Kier molecular flexibility index (Phi) is 4.63. The number of nitrogens with zero attached hydrogens (tertiary/aromatic N) is 2. The fourth-order valence-electron chi connectivity index (χ4n) is 2.72. The van der Waals surface area contributed by atoms with E-state index in [0.29, 0.717) is 24.6 Å². The summed E-state index contributed by atoms with van der Waals surface area (Å²) in [4.78, 5) is 25.2. The average Bonchev–Trinajstić information content (AvgIpc) is 2.45. The third-order valence-corrected chi connectivity index (χ3v) is 3.96. The van der Waals surface area contributed by atoms with Crippen LogP contribution in [0, 0.1) is 5.92 Å². The lowest BCUT2D eigenvalue weighted by molar-refractivity contribution is -0.208. The van der Waals surface area contributed by atoms with Crippen LogP contribution in [0.2, 0.25) is 0 Å². The summed E-state index contributed by atoms with van der Waals surface area (Å²) in [6, 6.07) is -0.491. The molecule has 108 valence electrons. The molecule has 1 saturated carbocycles. The van der Waals surface area contributed by atoms with Crippen LogP contribution in [0.3, 0.4) is 0 Å². The van der Waals surface area contributed by atoms with Crippen LogP contribution in [0.25, 0.3) is 0 Å². The summed E-state index contributed by atoms with van der Waals surface area (Å²) in [5.41, 5.74) is 0. The van der Waals surface area contributed by atoms with Crippen molar-refractivity contribution in [2.24, 2.45) is 5.92 Å². The van der Waals surface area contributed by atoms with Gasteiger partial charge in [-0.05, 0) is 19.8 Å². The first-order valence-electron chi connectivity index (χ1n) is 7.11. The summed E-state index contributed by atoms with van der Waals surface area (Å²) in [5.74, 6) is -0.344. The molecule has 0 bridgehead atoms. The number of ether oxygens (including phenoxy) is 1. The zero-order valence-corrected chi connectivity index (χ0v) is 11.4. The largest absolute Gasteiger partial charge is 0.439 e. The molecule has 2 fully saturated rings. The Hall–Kier alpha value is -1.30. The Bertz CT molecular complexity index is 342. The lowest BCUT2D eigenvalue weighted by Gasteiger charge is -2.36. The second-order valence-corrected chi connectivity index (χ2v) is 5.22. The topological polar surface area (TPSA) is 70.1 Å². The molecule has 2 rings (SSSR count). The van der Waals surface area contributed by atoms with Gasteiger partial charge in [-0.2, -0.15) is 5.06 Å². The first-order chi connectivity index (χ1) is 9.13. The van der Waals surface area contributed by atoms with Crippen LogP contribution in [0.4, 0.5) is 4.79 Å². The Morgan fingerprint density at radius 1 is 1.32 bits per heavy atom. The first-order valence-corrected chi connectivity index (χ1v) is 7.11. The van der Waals surface area contributed by atoms with Gasteiger partial charge in [-0.1, -0.05) is 19.3 Å². The van der Waals surface area contributed by atoms with Gasteiger partial charge in [-0.3, -0.25) is 10.0 Å². The van der Waals surface area contributed by atoms with E-state index in [1.54, 1.807) is 0 Å². The summed E-state index contributed by atoms with van der Waals surface area (Å²) in [7, 11) is 0. The molecule has 1 heterocycles. The van der Waals surface area contributed by atoms with Gasteiger partial charge >= 0.3 is 12.0 Å². The van der Waals surface area contributed by atoms with Crippen molar-refractivity contribution >= 4 is 12.0 Å². The highest BCUT2D eigenvalue weighted by Gasteiger charge is 2.35. The highest BCUT2D eigenvalue weighted by atomic mass is 16.6. The van der Waals surface area contributed by atoms with E-state index in [1.807, 2.05) is 6.92 Å². The minimum Gasteiger partial charge on any atom is -0.439 e.